The molecule has 1 aromatic heterocycles. The molecule has 1 rings (SSSR count). The maximum Gasteiger partial charge on any atom is 0.244 e. The Kier molecular flexibility index (Phi) is 3.99. The lowest BCUT2D eigenvalue weighted by molar-refractivity contribution is 0.0582. The zero-order chi connectivity index (χ0) is 12.2. The fourth-order valence-electron chi connectivity index (χ4n) is 0.977. The number of aromatic amines is 1. The van der Waals surface area contributed by atoms with Crippen molar-refractivity contribution in [1.82, 2.24) is 14.9 Å². The highest BCUT2D eigenvalue weighted by molar-refractivity contribution is 7.89. The van der Waals surface area contributed by atoms with Crippen LogP contribution in [0.5, 0.6) is 0 Å². The molecule has 8 nitrogen and oxygen atoms in total. The van der Waals surface area contributed by atoms with E-state index in [1.807, 2.05) is 4.72 Å². The molecule has 0 unspecified atom stereocenters. The number of aliphatic hydroxyl groups is 3. The lowest BCUT2D eigenvalue weighted by atomic mass is 10.1. The van der Waals surface area contributed by atoms with Gasteiger partial charge in [-0.3, -0.25) is 5.10 Å². The van der Waals surface area contributed by atoms with Crippen LogP contribution >= 0.6 is 0 Å². The second-order valence-electron chi connectivity index (χ2n) is 3.29. The molecule has 92 valence electrons. The van der Waals surface area contributed by atoms with Crippen LogP contribution in [0.2, 0.25) is 0 Å². The molecule has 0 saturated heterocycles. The van der Waals surface area contributed by atoms with E-state index in [0.717, 1.165) is 12.4 Å². The molecule has 0 saturated carbocycles. The summed E-state index contributed by atoms with van der Waals surface area (Å²) in [7, 11) is -3.93. The van der Waals surface area contributed by atoms with Crippen molar-refractivity contribution in [2.45, 2.75) is 10.4 Å². The molecule has 9 heteroatoms. The van der Waals surface area contributed by atoms with E-state index in [2.05, 4.69) is 10.2 Å². The number of nitrogens with zero attached hydrogens (tertiary/aromatic N) is 1. The van der Waals surface area contributed by atoms with Crippen molar-refractivity contribution in [3.63, 3.8) is 0 Å². The van der Waals surface area contributed by atoms with Gasteiger partial charge in [0.1, 0.15) is 10.4 Å². The predicted molar refractivity (Wildman–Crippen MR) is 52.9 cm³/mol. The lowest BCUT2D eigenvalue weighted by Gasteiger charge is -2.27. The van der Waals surface area contributed by atoms with Crippen LogP contribution in [0.3, 0.4) is 0 Å². The van der Waals surface area contributed by atoms with Crippen LogP contribution in [0.15, 0.2) is 17.3 Å². The minimum Gasteiger partial charge on any atom is -0.394 e. The Hall–Kier alpha value is -1.00. The van der Waals surface area contributed by atoms with Crippen LogP contribution < -0.4 is 4.72 Å². The third kappa shape index (κ3) is 2.57. The van der Waals surface area contributed by atoms with Gasteiger partial charge in [0.2, 0.25) is 10.0 Å². The molecule has 0 atom stereocenters. The number of aliphatic hydroxyl groups excluding tert-OH is 3. The smallest absolute Gasteiger partial charge is 0.244 e. The van der Waals surface area contributed by atoms with Gasteiger partial charge in [-0.15, -0.1) is 0 Å². The molecule has 0 amide bonds. The minimum absolute atomic E-state index is 0.146. The average molecular weight is 251 g/mol. The number of hydrogen-bond acceptors (Lipinski definition) is 6. The summed E-state index contributed by atoms with van der Waals surface area (Å²) in [6.45, 7) is -2.18. The lowest BCUT2D eigenvalue weighted by Crippen LogP contribution is -2.56. The van der Waals surface area contributed by atoms with Gasteiger partial charge in [0.05, 0.1) is 26.0 Å². The van der Waals surface area contributed by atoms with Gasteiger partial charge in [-0.05, 0) is 0 Å². The second kappa shape index (κ2) is 4.89. The Morgan fingerprint density at radius 2 is 1.88 bits per heavy atom. The first-order valence-electron chi connectivity index (χ1n) is 4.35. The summed E-state index contributed by atoms with van der Waals surface area (Å²) in [4.78, 5) is -0.146. The number of rotatable bonds is 6. The van der Waals surface area contributed by atoms with Crippen LogP contribution in [-0.4, -0.2) is 59.3 Å². The molecule has 0 radical (unpaired) electrons. The number of nitrogens with one attached hydrogen (secondary N) is 2. The zero-order valence-electron chi connectivity index (χ0n) is 8.29. The maximum atomic E-state index is 11.7. The SMILES string of the molecule is O=S(=O)(NC(CO)(CO)CO)c1cn[nH]c1. The summed E-state index contributed by atoms with van der Waals surface area (Å²) in [6, 6.07) is 0. The fraction of sp³-hybridized carbons (Fsp3) is 0.571. The van der Waals surface area contributed by atoms with E-state index in [0.29, 0.717) is 0 Å². The Morgan fingerprint density at radius 1 is 1.31 bits per heavy atom. The quantitative estimate of drug-likeness (QED) is 0.376. The van der Waals surface area contributed by atoms with Crippen LogP contribution in [0.1, 0.15) is 0 Å². The molecule has 0 fully saturated rings. The van der Waals surface area contributed by atoms with Crippen molar-refractivity contribution in [1.29, 1.82) is 0 Å². The zero-order valence-corrected chi connectivity index (χ0v) is 9.11. The van der Waals surface area contributed by atoms with Gasteiger partial charge in [0, 0.05) is 6.20 Å². The third-order valence-corrected chi connectivity index (χ3v) is 3.59. The average Bonchev–Trinajstić information content (AvgIpc) is 2.80. The number of hydrogen-bond donors (Lipinski definition) is 5. The summed E-state index contributed by atoms with van der Waals surface area (Å²) in [5.74, 6) is 0. The van der Waals surface area contributed by atoms with E-state index < -0.39 is 35.4 Å². The molecule has 1 aromatic rings. The molecular formula is C7H13N3O5S. The molecule has 0 aliphatic carbocycles. The van der Waals surface area contributed by atoms with Gasteiger partial charge in [-0.25, -0.2) is 8.42 Å². The number of sulfonamides is 1. The van der Waals surface area contributed by atoms with E-state index in [1.165, 1.54) is 0 Å². The number of aromatic nitrogens is 2. The van der Waals surface area contributed by atoms with Gasteiger partial charge >= 0.3 is 0 Å². The van der Waals surface area contributed by atoms with Gasteiger partial charge in [0.15, 0.2) is 0 Å². The molecule has 0 aliphatic heterocycles. The van der Waals surface area contributed by atoms with Crippen LogP contribution in [0, 0.1) is 0 Å². The molecule has 1 heterocycles. The van der Waals surface area contributed by atoms with E-state index in [-0.39, 0.29) is 4.90 Å². The van der Waals surface area contributed by atoms with Crippen molar-refractivity contribution in [2.24, 2.45) is 0 Å². The molecule has 5 N–H and O–H groups in total. The van der Waals surface area contributed by atoms with Gasteiger partial charge in [-0.1, -0.05) is 0 Å². The normalized spacial score (nSPS) is 12.9. The van der Waals surface area contributed by atoms with Crippen molar-refractivity contribution in [2.75, 3.05) is 19.8 Å². The van der Waals surface area contributed by atoms with Crippen molar-refractivity contribution >= 4 is 10.0 Å². The van der Waals surface area contributed by atoms with Crippen LogP contribution in [0.4, 0.5) is 0 Å². The van der Waals surface area contributed by atoms with Gasteiger partial charge in [0.25, 0.3) is 0 Å². The predicted octanol–water partition coefficient (Wildman–Crippen LogP) is -2.60. The van der Waals surface area contributed by atoms with Gasteiger partial charge < -0.3 is 15.3 Å². The Morgan fingerprint density at radius 3 is 2.25 bits per heavy atom. The summed E-state index contributed by atoms with van der Waals surface area (Å²) in [5.41, 5.74) is -1.68. The largest absolute Gasteiger partial charge is 0.394 e. The molecule has 16 heavy (non-hydrogen) atoms. The highest BCUT2D eigenvalue weighted by Gasteiger charge is 2.34. The third-order valence-electron chi connectivity index (χ3n) is 2.04. The van der Waals surface area contributed by atoms with E-state index in [1.54, 1.807) is 0 Å². The first kappa shape index (κ1) is 13.1. The van der Waals surface area contributed by atoms with Crippen molar-refractivity contribution in [3.05, 3.63) is 12.4 Å². The topological polar surface area (TPSA) is 136 Å². The second-order valence-corrected chi connectivity index (χ2v) is 4.98. The summed E-state index contributed by atoms with van der Waals surface area (Å²) in [6.07, 6.45) is 2.21. The summed E-state index contributed by atoms with van der Waals surface area (Å²) in [5, 5.41) is 32.7. The molecule has 0 bridgehead atoms. The maximum absolute atomic E-state index is 11.7. The summed E-state index contributed by atoms with van der Waals surface area (Å²) >= 11 is 0. The Balaban J connectivity index is 2.96. The molecule has 0 aliphatic rings. The Labute approximate surface area is 92.0 Å². The first-order chi connectivity index (χ1) is 7.49. The summed E-state index contributed by atoms with van der Waals surface area (Å²) < 4.78 is 25.4. The molecule has 0 aromatic carbocycles. The Bertz CT molecular complexity index is 403. The van der Waals surface area contributed by atoms with E-state index in [4.69, 9.17) is 15.3 Å². The standard InChI is InChI=1S/C7H13N3O5S/c11-3-7(4-12,5-13)10-16(14,15)6-1-8-9-2-6/h1-2,10-13H,3-5H2,(H,8,9). The van der Waals surface area contributed by atoms with Crippen molar-refractivity contribution < 1.29 is 23.7 Å². The van der Waals surface area contributed by atoms with Crippen LogP contribution in [-0.2, 0) is 10.0 Å². The molecule has 0 spiro atoms. The highest BCUT2D eigenvalue weighted by atomic mass is 32.2. The molecular weight excluding hydrogens is 238 g/mol. The highest BCUT2D eigenvalue weighted by Crippen LogP contribution is 2.11. The van der Waals surface area contributed by atoms with E-state index in [9.17, 15) is 8.42 Å². The van der Waals surface area contributed by atoms with Crippen LogP contribution in [0.25, 0.3) is 0 Å². The first-order valence-corrected chi connectivity index (χ1v) is 5.83. The minimum atomic E-state index is -3.93. The fourth-order valence-corrected chi connectivity index (χ4v) is 2.26. The van der Waals surface area contributed by atoms with E-state index >= 15 is 0 Å². The number of H-pyrrole nitrogens is 1. The van der Waals surface area contributed by atoms with Gasteiger partial charge in [-0.2, -0.15) is 9.82 Å². The monoisotopic (exact) mass is 251 g/mol. The van der Waals surface area contributed by atoms with Crippen molar-refractivity contribution in [3.8, 4) is 0 Å².